The number of nitrogens with zero attached hydrogens (tertiary/aromatic N) is 2. The lowest BCUT2D eigenvalue weighted by molar-refractivity contribution is -0.886. The molecule has 0 bridgehead atoms. The number of thiocarbonyl (C=S) groups is 1. The van der Waals surface area contributed by atoms with Crippen LogP contribution in [0.3, 0.4) is 0 Å². The highest BCUT2D eigenvalue weighted by Crippen LogP contribution is 2.43. The van der Waals surface area contributed by atoms with E-state index in [2.05, 4.69) is 47.4 Å². The summed E-state index contributed by atoms with van der Waals surface area (Å²) in [5.41, 5.74) is 4.99. The Kier molecular flexibility index (Phi) is 3.98. The van der Waals surface area contributed by atoms with Gasteiger partial charge in [-0.15, -0.1) is 0 Å². The van der Waals surface area contributed by atoms with Gasteiger partial charge in [-0.05, 0) is 42.9 Å². The molecule has 4 nitrogen and oxygen atoms in total. The number of nitrogens with one attached hydrogen (secondary N) is 2. The maximum atomic E-state index is 5.78. The third-order valence-corrected chi connectivity index (χ3v) is 5.50. The zero-order chi connectivity index (χ0) is 16.7. The van der Waals surface area contributed by atoms with Crippen molar-refractivity contribution in [2.45, 2.75) is 25.3 Å². The van der Waals surface area contributed by atoms with E-state index in [9.17, 15) is 0 Å². The van der Waals surface area contributed by atoms with E-state index < -0.39 is 0 Å². The summed E-state index contributed by atoms with van der Waals surface area (Å²) in [7, 11) is 2.29. The molecule has 124 valence electrons. The first kappa shape index (κ1) is 15.5. The van der Waals surface area contributed by atoms with Crippen LogP contribution in [0.2, 0.25) is 0 Å². The molecule has 2 aromatic rings. The second-order valence-corrected chi connectivity index (χ2v) is 7.36. The number of aryl methyl sites for hydroxylation is 1. The number of piperidine rings is 1. The van der Waals surface area contributed by atoms with Crippen molar-refractivity contribution in [2.24, 2.45) is 0 Å². The predicted octanol–water partition coefficient (Wildman–Crippen LogP) is 1.98. The number of pyridine rings is 1. The number of aromatic nitrogens is 1. The third kappa shape index (κ3) is 2.68. The summed E-state index contributed by atoms with van der Waals surface area (Å²) in [4.78, 5) is 8.12. The molecule has 0 aliphatic carbocycles. The molecule has 1 unspecified atom stereocenters. The highest BCUT2D eigenvalue weighted by atomic mass is 32.1. The predicted molar refractivity (Wildman–Crippen MR) is 102 cm³/mol. The molecular weight excluding hydrogens is 316 g/mol. The first-order valence-corrected chi connectivity index (χ1v) is 8.96. The van der Waals surface area contributed by atoms with Crippen LogP contribution in [0.4, 0.5) is 11.4 Å². The molecule has 24 heavy (non-hydrogen) atoms. The molecule has 2 N–H and O–H groups in total. The second-order valence-electron chi connectivity index (χ2n) is 6.98. The van der Waals surface area contributed by atoms with Crippen molar-refractivity contribution in [1.29, 1.82) is 0 Å². The molecule has 1 aromatic heterocycles. The minimum Gasteiger partial charge on any atom is -0.337 e. The Labute approximate surface area is 148 Å². The van der Waals surface area contributed by atoms with Crippen LogP contribution in [0.5, 0.6) is 0 Å². The highest BCUT2D eigenvalue weighted by Gasteiger charge is 2.44. The Bertz CT molecular complexity index is 761. The molecule has 1 saturated heterocycles. The van der Waals surface area contributed by atoms with Crippen LogP contribution in [0.1, 0.15) is 23.5 Å². The molecule has 4 rings (SSSR count). The smallest absolute Gasteiger partial charge is 0.178 e. The number of hydrogen-bond donors (Lipinski definition) is 2. The summed E-state index contributed by atoms with van der Waals surface area (Å²) < 4.78 is 0. The van der Waals surface area contributed by atoms with Gasteiger partial charge in [-0.2, -0.15) is 0 Å². The van der Waals surface area contributed by atoms with Crippen LogP contribution in [0.15, 0.2) is 42.7 Å². The third-order valence-electron chi connectivity index (χ3n) is 5.21. The molecule has 0 amide bonds. The monoisotopic (exact) mass is 339 g/mol. The molecule has 2 aliphatic heterocycles. The van der Waals surface area contributed by atoms with Gasteiger partial charge >= 0.3 is 0 Å². The fourth-order valence-corrected chi connectivity index (χ4v) is 4.44. The summed E-state index contributed by atoms with van der Waals surface area (Å²) in [6, 6.07) is 11.2. The lowest BCUT2D eigenvalue weighted by Crippen LogP contribution is -3.11. The van der Waals surface area contributed by atoms with Gasteiger partial charge in [0.15, 0.2) is 5.11 Å². The van der Waals surface area contributed by atoms with Gasteiger partial charge in [-0.3, -0.25) is 4.98 Å². The number of rotatable bonds is 1. The van der Waals surface area contributed by atoms with Gasteiger partial charge in [0.1, 0.15) is 0 Å². The van der Waals surface area contributed by atoms with Crippen molar-refractivity contribution in [3.05, 3.63) is 53.9 Å². The van der Waals surface area contributed by atoms with Crippen LogP contribution < -0.4 is 15.1 Å². The van der Waals surface area contributed by atoms with Crippen LogP contribution >= 0.6 is 12.2 Å². The second kappa shape index (κ2) is 6.15. The van der Waals surface area contributed by atoms with Crippen molar-refractivity contribution in [3.8, 4) is 0 Å². The van der Waals surface area contributed by atoms with E-state index in [0.717, 1.165) is 10.8 Å². The number of hydrogen-bond acceptors (Lipinski definition) is 2. The van der Waals surface area contributed by atoms with Crippen LogP contribution in [0.25, 0.3) is 0 Å². The van der Waals surface area contributed by atoms with Gasteiger partial charge in [0.05, 0.1) is 44.0 Å². The van der Waals surface area contributed by atoms with Gasteiger partial charge < -0.3 is 15.1 Å². The van der Waals surface area contributed by atoms with Crippen molar-refractivity contribution in [2.75, 3.05) is 30.4 Å². The van der Waals surface area contributed by atoms with Crippen molar-refractivity contribution >= 4 is 28.7 Å². The van der Waals surface area contributed by atoms with Crippen molar-refractivity contribution in [3.63, 3.8) is 0 Å². The number of likely N-dealkylation sites (N-methyl/N-ethyl adjacent to an activating group) is 1. The molecule has 0 spiro atoms. The minimum atomic E-state index is 0.460. The van der Waals surface area contributed by atoms with E-state index in [-0.39, 0.29) is 0 Å². The molecule has 3 heterocycles. The zero-order valence-electron chi connectivity index (χ0n) is 14.1. The van der Waals surface area contributed by atoms with E-state index in [0.29, 0.717) is 12.0 Å². The van der Waals surface area contributed by atoms with E-state index in [1.165, 1.54) is 36.3 Å². The maximum absolute atomic E-state index is 5.78. The average molecular weight is 339 g/mol. The first-order valence-electron chi connectivity index (χ1n) is 8.55. The van der Waals surface area contributed by atoms with Crippen molar-refractivity contribution in [1.82, 2.24) is 4.98 Å². The lowest BCUT2D eigenvalue weighted by atomic mass is 9.89. The lowest BCUT2D eigenvalue weighted by Gasteiger charge is -2.35. The zero-order valence-corrected chi connectivity index (χ0v) is 14.9. The largest absolute Gasteiger partial charge is 0.337 e. The maximum Gasteiger partial charge on any atom is 0.178 e. The summed E-state index contributed by atoms with van der Waals surface area (Å²) >= 11 is 5.78. The number of benzene rings is 1. The van der Waals surface area contributed by atoms with Gasteiger partial charge in [0.25, 0.3) is 0 Å². The van der Waals surface area contributed by atoms with Gasteiger partial charge in [0, 0.05) is 18.3 Å². The first-order chi connectivity index (χ1) is 11.6. The van der Waals surface area contributed by atoms with Crippen LogP contribution in [0, 0.1) is 6.92 Å². The molecule has 3 atom stereocenters. The number of fused-ring (bicyclic) bond motifs is 3. The summed E-state index contributed by atoms with van der Waals surface area (Å²) in [6.07, 6.45) is 4.76. The molecule has 0 radical (unpaired) electrons. The Hall–Kier alpha value is -1.98. The number of anilines is 2. The van der Waals surface area contributed by atoms with E-state index in [1.54, 1.807) is 11.1 Å². The van der Waals surface area contributed by atoms with Crippen LogP contribution in [-0.2, 0) is 0 Å². The number of quaternary nitrogens is 1. The fourth-order valence-electron chi connectivity index (χ4n) is 4.08. The van der Waals surface area contributed by atoms with Crippen LogP contribution in [-0.4, -0.2) is 36.3 Å². The molecule has 0 saturated carbocycles. The van der Waals surface area contributed by atoms with E-state index in [1.807, 2.05) is 18.3 Å². The average Bonchev–Trinajstić information content (AvgIpc) is 2.89. The highest BCUT2D eigenvalue weighted by molar-refractivity contribution is 7.80. The van der Waals surface area contributed by atoms with Gasteiger partial charge in [-0.25, -0.2) is 0 Å². The molecule has 5 heteroatoms. The summed E-state index contributed by atoms with van der Waals surface area (Å²) in [5, 5.41) is 4.15. The summed E-state index contributed by atoms with van der Waals surface area (Å²) in [5.74, 6) is 0.558. The standard InChI is InChI=1S/C19H22N4S/c1-13-5-6-17-15(10-13)16-12-22(2)9-7-18(16)23(17)19(24)21-14-4-3-8-20-11-14/h3-6,8,10-11,16,18H,7,9,12H2,1-2H3,(H,21,24)/p+1/t16-,18+/m0/s1. The number of likely N-dealkylation sites (tertiary alicyclic amines) is 1. The molecule has 1 fully saturated rings. The quantitative estimate of drug-likeness (QED) is 0.779. The van der Waals surface area contributed by atoms with E-state index >= 15 is 0 Å². The normalized spacial score (nSPS) is 25.1. The Morgan fingerprint density at radius 3 is 3.04 bits per heavy atom. The molecule has 2 aliphatic rings. The van der Waals surface area contributed by atoms with Gasteiger partial charge in [-0.1, -0.05) is 17.7 Å². The van der Waals surface area contributed by atoms with Crippen molar-refractivity contribution < 1.29 is 4.90 Å². The topological polar surface area (TPSA) is 32.6 Å². The molecule has 1 aromatic carbocycles. The Morgan fingerprint density at radius 1 is 1.38 bits per heavy atom. The summed E-state index contributed by atoms with van der Waals surface area (Å²) in [6.45, 7) is 4.54. The SMILES string of the molecule is Cc1ccc2c(c1)[C@@H]1C[NH+](C)CC[C@H]1N2C(=S)Nc1cccnc1. The fraction of sp³-hybridized carbons (Fsp3) is 0.368. The van der Waals surface area contributed by atoms with E-state index in [4.69, 9.17) is 12.2 Å². The Balaban J connectivity index is 1.68. The van der Waals surface area contributed by atoms with Gasteiger partial charge in [0.2, 0.25) is 0 Å². The molecular formula is C19H23N4S+. The minimum absolute atomic E-state index is 0.460. The Morgan fingerprint density at radius 2 is 2.25 bits per heavy atom.